The number of benzene rings is 2. The number of piperazine rings is 1. The molecule has 2 aromatic carbocycles. The molecule has 0 unspecified atom stereocenters. The zero-order valence-electron chi connectivity index (χ0n) is 21.5. The van der Waals surface area contributed by atoms with Crippen LogP contribution in [0.2, 0.25) is 5.02 Å². The lowest BCUT2D eigenvalue weighted by Crippen LogP contribution is -2.57. The highest BCUT2D eigenvalue weighted by molar-refractivity contribution is 7.89. The Labute approximate surface area is 232 Å². The molecule has 0 radical (unpaired) electrons. The van der Waals surface area contributed by atoms with Gasteiger partial charge in [0.1, 0.15) is 5.69 Å². The summed E-state index contributed by atoms with van der Waals surface area (Å²) in [6.07, 6.45) is 3.44. The number of rotatable bonds is 7. The Morgan fingerprint density at radius 2 is 1.79 bits per heavy atom. The monoisotopic (exact) mass is 571 g/mol. The molecule has 0 aliphatic carbocycles. The second kappa shape index (κ2) is 11.5. The number of carbonyl (C=O) groups is 2. The van der Waals surface area contributed by atoms with Crippen molar-refractivity contribution in [2.24, 2.45) is 5.92 Å². The fraction of sp³-hybridized carbons (Fsp3) is 0.370. The van der Waals surface area contributed by atoms with Crippen molar-refractivity contribution >= 4 is 50.0 Å². The number of esters is 1. The summed E-state index contributed by atoms with van der Waals surface area (Å²) in [5, 5.41) is 3.74. The van der Waals surface area contributed by atoms with E-state index in [1.54, 1.807) is 48.7 Å². The molecule has 0 bridgehead atoms. The highest BCUT2D eigenvalue weighted by Crippen LogP contribution is 2.26. The van der Waals surface area contributed by atoms with Gasteiger partial charge in [0.15, 0.2) is 0 Å². The van der Waals surface area contributed by atoms with Gasteiger partial charge in [0.25, 0.3) is 5.91 Å². The van der Waals surface area contributed by atoms with Crippen LogP contribution in [-0.4, -0.2) is 81.0 Å². The zero-order valence-corrected chi connectivity index (χ0v) is 23.1. The van der Waals surface area contributed by atoms with Crippen molar-refractivity contribution in [3.8, 4) is 0 Å². The van der Waals surface area contributed by atoms with E-state index in [4.69, 9.17) is 16.3 Å². The van der Waals surface area contributed by atoms with Crippen LogP contribution < -0.4 is 10.3 Å². The standard InChI is InChI=1S/C27H30ClN5O5S/c1-38-27(35)25-16-23(6-9-29-25)31-10-7-19(8-11-31)17-30-33-13-12-32(18-26(33)34)39(36,37)24-5-3-20-14-22(28)4-2-21(20)15-24/h2-6,9,14-16,19,30H,7-8,10-13,17-18H2,1H3. The lowest BCUT2D eigenvalue weighted by molar-refractivity contribution is -0.137. The maximum absolute atomic E-state index is 13.3. The molecule has 1 amide bonds. The smallest absolute Gasteiger partial charge is 0.356 e. The summed E-state index contributed by atoms with van der Waals surface area (Å²) in [4.78, 5) is 31.1. The van der Waals surface area contributed by atoms with Crippen molar-refractivity contribution in [2.45, 2.75) is 17.7 Å². The molecule has 12 heteroatoms. The van der Waals surface area contributed by atoms with Crippen LogP contribution in [0.15, 0.2) is 59.6 Å². The van der Waals surface area contributed by atoms with Gasteiger partial charge in [-0.05, 0) is 65.9 Å². The lowest BCUT2D eigenvalue weighted by Gasteiger charge is -2.37. The fourth-order valence-corrected chi connectivity index (χ4v) is 6.59. The molecule has 2 aliphatic rings. The van der Waals surface area contributed by atoms with Gasteiger partial charge in [0, 0.05) is 43.1 Å². The molecule has 0 spiro atoms. The number of pyridine rings is 1. The minimum absolute atomic E-state index is 0.159. The van der Waals surface area contributed by atoms with Crippen LogP contribution in [0.4, 0.5) is 5.69 Å². The van der Waals surface area contributed by atoms with Crippen molar-refractivity contribution in [2.75, 3.05) is 51.3 Å². The normalized spacial score (nSPS) is 17.5. The number of aromatic nitrogens is 1. The number of hydrazine groups is 1. The summed E-state index contributed by atoms with van der Waals surface area (Å²) >= 11 is 6.03. The molecule has 0 atom stereocenters. The molecule has 0 saturated carbocycles. The van der Waals surface area contributed by atoms with Gasteiger partial charge in [-0.3, -0.25) is 9.80 Å². The first kappa shape index (κ1) is 27.3. The van der Waals surface area contributed by atoms with Crippen molar-refractivity contribution in [1.82, 2.24) is 19.7 Å². The Bertz CT molecular complexity index is 1490. The third-order valence-electron chi connectivity index (χ3n) is 7.29. The SMILES string of the molecule is COC(=O)c1cc(N2CCC(CNN3CCN(S(=O)(=O)c4ccc5cc(Cl)ccc5c4)CC3=O)CC2)ccn1. The molecule has 10 nitrogen and oxygen atoms in total. The molecular weight excluding hydrogens is 542 g/mol. The molecule has 2 saturated heterocycles. The van der Waals surface area contributed by atoms with Gasteiger partial charge < -0.3 is 9.64 Å². The summed E-state index contributed by atoms with van der Waals surface area (Å²) in [5.41, 5.74) is 4.44. The number of methoxy groups -OCH3 is 1. The molecule has 3 aromatic rings. The van der Waals surface area contributed by atoms with Crippen LogP contribution in [0.25, 0.3) is 10.8 Å². The Morgan fingerprint density at radius 3 is 2.54 bits per heavy atom. The van der Waals surface area contributed by atoms with E-state index in [0.717, 1.165) is 42.4 Å². The zero-order chi connectivity index (χ0) is 27.6. The predicted molar refractivity (Wildman–Crippen MR) is 148 cm³/mol. The van der Waals surface area contributed by atoms with Gasteiger partial charge in [0.2, 0.25) is 10.0 Å². The first-order chi connectivity index (χ1) is 18.7. The summed E-state index contributed by atoms with van der Waals surface area (Å²) in [6, 6.07) is 13.8. The number of hydrogen-bond acceptors (Lipinski definition) is 8. The van der Waals surface area contributed by atoms with Crippen LogP contribution in [0, 0.1) is 5.92 Å². The van der Waals surface area contributed by atoms with Gasteiger partial charge >= 0.3 is 5.97 Å². The summed E-state index contributed by atoms with van der Waals surface area (Å²) in [6.45, 7) is 2.53. The number of carbonyl (C=O) groups excluding carboxylic acids is 2. The van der Waals surface area contributed by atoms with E-state index in [1.807, 2.05) is 6.07 Å². The molecule has 1 aromatic heterocycles. The molecule has 39 heavy (non-hydrogen) atoms. The summed E-state index contributed by atoms with van der Waals surface area (Å²) in [7, 11) is -2.48. The number of halogens is 1. The van der Waals surface area contributed by atoms with E-state index < -0.39 is 16.0 Å². The van der Waals surface area contributed by atoms with Gasteiger partial charge in [-0.2, -0.15) is 4.31 Å². The van der Waals surface area contributed by atoms with Crippen LogP contribution in [0.1, 0.15) is 23.3 Å². The van der Waals surface area contributed by atoms with Gasteiger partial charge in [-0.25, -0.2) is 23.6 Å². The second-order valence-corrected chi connectivity index (χ2v) is 12.1. The number of anilines is 1. The van der Waals surface area contributed by atoms with Crippen LogP contribution in [-0.2, 0) is 19.6 Å². The van der Waals surface area contributed by atoms with Crippen molar-refractivity contribution in [3.63, 3.8) is 0 Å². The first-order valence-electron chi connectivity index (χ1n) is 12.8. The number of piperidine rings is 1. The predicted octanol–water partition coefficient (Wildman–Crippen LogP) is 2.93. The molecular formula is C27H30ClN5O5S. The van der Waals surface area contributed by atoms with Crippen molar-refractivity contribution in [1.29, 1.82) is 0 Å². The van der Waals surface area contributed by atoms with Crippen LogP contribution in [0.3, 0.4) is 0 Å². The number of nitrogens with zero attached hydrogens (tertiary/aromatic N) is 4. The first-order valence-corrected chi connectivity index (χ1v) is 14.6. The highest BCUT2D eigenvalue weighted by Gasteiger charge is 2.33. The largest absolute Gasteiger partial charge is 0.464 e. The minimum atomic E-state index is -3.81. The number of sulfonamides is 1. The van der Waals surface area contributed by atoms with Gasteiger partial charge in [-0.15, -0.1) is 0 Å². The summed E-state index contributed by atoms with van der Waals surface area (Å²) < 4.78 is 32.5. The van der Waals surface area contributed by atoms with E-state index in [-0.39, 0.29) is 36.1 Å². The maximum atomic E-state index is 13.3. The Balaban J connectivity index is 1.13. The Hall–Kier alpha value is -3.25. The van der Waals surface area contributed by atoms with Crippen LogP contribution in [0.5, 0.6) is 0 Å². The average Bonchev–Trinajstić information content (AvgIpc) is 2.96. The Morgan fingerprint density at radius 1 is 1.05 bits per heavy atom. The maximum Gasteiger partial charge on any atom is 0.356 e. The average molecular weight is 572 g/mol. The fourth-order valence-electron chi connectivity index (χ4n) is 4.99. The van der Waals surface area contributed by atoms with Crippen molar-refractivity contribution < 1.29 is 22.7 Å². The highest BCUT2D eigenvalue weighted by atomic mass is 35.5. The van der Waals surface area contributed by atoms with E-state index in [0.29, 0.717) is 17.5 Å². The molecule has 5 rings (SSSR count). The quantitative estimate of drug-likeness (QED) is 0.431. The number of fused-ring (bicyclic) bond motifs is 1. The van der Waals surface area contributed by atoms with E-state index in [9.17, 15) is 18.0 Å². The lowest BCUT2D eigenvalue weighted by atomic mass is 9.96. The third kappa shape index (κ3) is 6.01. The number of nitrogens with one attached hydrogen (secondary N) is 1. The third-order valence-corrected chi connectivity index (χ3v) is 9.36. The van der Waals surface area contributed by atoms with Gasteiger partial charge in [-0.1, -0.05) is 23.7 Å². The number of ether oxygens (including phenoxy) is 1. The molecule has 3 heterocycles. The van der Waals surface area contributed by atoms with E-state index in [2.05, 4.69) is 15.3 Å². The van der Waals surface area contributed by atoms with E-state index in [1.165, 1.54) is 16.4 Å². The Kier molecular flexibility index (Phi) is 8.03. The summed E-state index contributed by atoms with van der Waals surface area (Å²) in [5.74, 6) is -0.373. The second-order valence-electron chi connectivity index (χ2n) is 9.72. The van der Waals surface area contributed by atoms with Crippen molar-refractivity contribution in [3.05, 3.63) is 65.4 Å². The number of amides is 1. The van der Waals surface area contributed by atoms with Gasteiger partial charge in [0.05, 0.1) is 25.1 Å². The van der Waals surface area contributed by atoms with Crippen LogP contribution >= 0.6 is 11.6 Å². The van der Waals surface area contributed by atoms with E-state index >= 15 is 0 Å². The molecule has 2 fully saturated rings. The molecule has 206 valence electrons. The minimum Gasteiger partial charge on any atom is -0.464 e. The molecule has 1 N–H and O–H groups in total. The number of hydrogen-bond donors (Lipinski definition) is 1. The molecule has 2 aliphatic heterocycles. The topological polar surface area (TPSA) is 112 Å².